The fraction of sp³-hybridized carbons (Fsp3) is 0.231. The maximum Gasteiger partial charge on any atom is 0.339 e. The molecule has 6 heteroatoms. The minimum atomic E-state index is -0.975. The number of anilines is 1. The van der Waals surface area contributed by atoms with Crippen LogP contribution in [-0.2, 0) is 6.54 Å². The zero-order valence-electron chi connectivity index (χ0n) is 10.5. The summed E-state index contributed by atoms with van der Waals surface area (Å²) in [6.45, 7) is 4.08. The van der Waals surface area contributed by atoms with Gasteiger partial charge in [-0.25, -0.2) is 4.79 Å². The molecule has 0 radical (unpaired) electrons. The summed E-state index contributed by atoms with van der Waals surface area (Å²) >= 11 is 7.33. The lowest BCUT2D eigenvalue weighted by Gasteiger charge is -2.11. The average Bonchev–Trinajstić information content (AvgIpc) is 2.71. The van der Waals surface area contributed by atoms with Crippen LogP contribution in [0.2, 0.25) is 4.34 Å². The Hall–Kier alpha value is -1.59. The molecule has 0 unspecified atom stereocenters. The van der Waals surface area contributed by atoms with E-state index in [2.05, 4.69) is 10.3 Å². The van der Waals surface area contributed by atoms with Gasteiger partial charge >= 0.3 is 5.97 Å². The quantitative estimate of drug-likeness (QED) is 0.902. The smallest absolute Gasteiger partial charge is 0.339 e. The van der Waals surface area contributed by atoms with Crippen LogP contribution in [0.1, 0.15) is 26.6 Å². The molecule has 0 aliphatic carbocycles. The number of aromatic nitrogens is 1. The number of rotatable bonds is 4. The number of pyridine rings is 1. The number of nitrogens with one attached hydrogen (secondary N) is 1. The number of hydrogen-bond donors (Lipinski definition) is 2. The largest absolute Gasteiger partial charge is 0.478 e. The Kier molecular flexibility index (Phi) is 4.07. The van der Waals surface area contributed by atoms with Crippen molar-refractivity contribution in [1.29, 1.82) is 0 Å². The van der Waals surface area contributed by atoms with Gasteiger partial charge in [-0.15, -0.1) is 11.3 Å². The summed E-state index contributed by atoms with van der Waals surface area (Å²) in [6, 6.07) is 5.48. The van der Waals surface area contributed by atoms with Crippen molar-refractivity contribution in [3.63, 3.8) is 0 Å². The number of carboxylic acid groups (broad SMARTS) is 1. The molecule has 0 atom stereocenters. The lowest BCUT2D eigenvalue weighted by molar-refractivity contribution is 0.0696. The van der Waals surface area contributed by atoms with Gasteiger partial charge in [0.2, 0.25) is 0 Å². The number of nitrogens with zero attached hydrogens (tertiary/aromatic N) is 1. The first-order valence-electron chi connectivity index (χ1n) is 5.67. The molecule has 2 rings (SSSR count). The summed E-state index contributed by atoms with van der Waals surface area (Å²) in [5, 5.41) is 12.4. The molecule has 0 aliphatic heterocycles. The predicted molar refractivity (Wildman–Crippen MR) is 77.3 cm³/mol. The van der Waals surface area contributed by atoms with Gasteiger partial charge < -0.3 is 10.4 Å². The third kappa shape index (κ3) is 3.24. The van der Waals surface area contributed by atoms with E-state index in [1.807, 2.05) is 19.1 Å². The fourth-order valence-electron chi connectivity index (χ4n) is 1.87. The first-order chi connectivity index (χ1) is 8.97. The molecule has 0 spiro atoms. The van der Waals surface area contributed by atoms with Crippen molar-refractivity contribution in [2.24, 2.45) is 0 Å². The summed E-state index contributed by atoms with van der Waals surface area (Å²) in [5.41, 5.74) is 2.10. The molecule has 0 aliphatic rings. The van der Waals surface area contributed by atoms with E-state index in [1.165, 1.54) is 11.3 Å². The summed E-state index contributed by atoms with van der Waals surface area (Å²) in [5.74, 6) is -0.975. The van der Waals surface area contributed by atoms with E-state index >= 15 is 0 Å². The fourth-order valence-corrected chi connectivity index (χ4v) is 2.89. The Morgan fingerprint density at radius 1 is 1.47 bits per heavy atom. The number of aromatic carboxylic acids is 1. The minimum Gasteiger partial charge on any atom is -0.478 e. The SMILES string of the molecule is Cc1cc(NCc2ccc(Cl)s2)c(C(=O)O)c(C)n1. The normalized spacial score (nSPS) is 10.5. The van der Waals surface area contributed by atoms with Gasteiger partial charge in [-0.3, -0.25) is 4.98 Å². The Balaban J connectivity index is 2.26. The van der Waals surface area contributed by atoms with Crippen LogP contribution in [0.3, 0.4) is 0 Å². The van der Waals surface area contributed by atoms with Crippen LogP contribution in [0.15, 0.2) is 18.2 Å². The molecule has 2 heterocycles. The summed E-state index contributed by atoms with van der Waals surface area (Å²) in [7, 11) is 0. The number of carboxylic acids is 1. The maximum absolute atomic E-state index is 11.3. The molecule has 0 saturated heterocycles. The second kappa shape index (κ2) is 5.59. The maximum atomic E-state index is 11.3. The number of aryl methyl sites for hydroxylation is 2. The third-order valence-corrected chi connectivity index (χ3v) is 3.86. The molecule has 2 aromatic heterocycles. The van der Waals surface area contributed by atoms with Gasteiger partial charge in [0.15, 0.2) is 0 Å². The molecule has 0 saturated carbocycles. The zero-order chi connectivity index (χ0) is 14.0. The highest BCUT2D eigenvalue weighted by Gasteiger charge is 2.15. The van der Waals surface area contributed by atoms with Gasteiger partial charge in [0.25, 0.3) is 0 Å². The van der Waals surface area contributed by atoms with Gasteiger partial charge in [0, 0.05) is 17.1 Å². The van der Waals surface area contributed by atoms with E-state index in [9.17, 15) is 9.90 Å². The predicted octanol–water partition coefficient (Wildman–Crippen LogP) is 3.72. The Labute approximate surface area is 120 Å². The number of hydrogen-bond acceptors (Lipinski definition) is 4. The van der Waals surface area contributed by atoms with Gasteiger partial charge in [-0.2, -0.15) is 0 Å². The molecule has 0 bridgehead atoms. The summed E-state index contributed by atoms with van der Waals surface area (Å²) in [6.07, 6.45) is 0. The summed E-state index contributed by atoms with van der Waals surface area (Å²) < 4.78 is 0.720. The molecular weight excluding hydrogens is 284 g/mol. The van der Waals surface area contributed by atoms with Crippen molar-refractivity contribution < 1.29 is 9.90 Å². The van der Waals surface area contributed by atoms with Crippen molar-refractivity contribution in [2.45, 2.75) is 20.4 Å². The zero-order valence-corrected chi connectivity index (χ0v) is 12.1. The Bertz CT molecular complexity index is 625. The molecule has 0 fully saturated rings. The van der Waals surface area contributed by atoms with Crippen molar-refractivity contribution in [3.05, 3.63) is 44.4 Å². The van der Waals surface area contributed by atoms with Crippen LogP contribution >= 0.6 is 22.9 Å². The highest BCUT2D eigenvalue weighted by molar-refractivity contribution is 7.16. The molecule has 100 valence electrons. The van der Waals surface area contributed by atoms with E-state index < -0.39 is 5.97 Å². The van der Waals surface area contributed by atoms with Crippen LogP contribution in [0.5, 0.6) is 0 Å². The molecule has 2 aromatic rings. The van der Waals surface area contributed by atoms with Crippen LogP contribution in [0, 0.1) is 13.8 Å². The highest BCUT2D eigenvalue weighted by atomic mass is 35.5. The highest BCUT2D eigenvalue weighted by Crippen LogP contribution is 2.24. The molecule has 2 N–H and O–H groups in total. The van der Waals surface area contributed by atoms with Crippen LogP contribution in [0.25, 0.3) is 0 Å². The van der Waals surface area contributed by atoms with E-state index in [1.54, 1.807) is 13.0 Å². The van der Waals surface area contributed by atoms with Crippen molar-refractivity contribution in [1.82, 2.24) is 4.98 Å². The topological polar surface area (TPSA) is 62.2 Å². The van der Waals surface area contributed by atoms with Crippen molar-refractivity contribution >= 4 is 34.6 Å². The van der Waals surface area contributed by atoms with E-state index in [-0.39, 0.29) is 5.56 Å². The van der Waals surface area contributed by atoms with Gasteiger partial charge in [-0.1, -0.05) is 11.6 Å². The van der Waals surface area contributed by atoms with Gasteiger partial charge in [0.05, 0.1) is 15.7 Å². The van der Waals surface area contributed by atoms with Crippen LogP contribution in [-0.4, -0.2) is 16.1 Å². The van der Waals surface area contributed by atoms with E-state index in [4.69, 9.17) is 11.6 Å². The first kappa shape index (κ1) is 13.8. The number of carbonyl (C=O) groups is 1. The summed E-state index contributed by atoms with van der Waals surface area (Å²) in [4.78, 5) is 16.5. The van der Waals surface area contributed by atoms with E-state index in [0.717, 1.165) is 14.9 Å². The second-order valence-corrected chi connectivity index (χ2v) is 5.94. The monoisotopic (exact) mass is 296 g/mol. The Morgan fingerprint density at radius 2 is 2.21 bits per heavy atom. The van der Waals surface area contributed by atoms with E-state index in [0.29, 0.717) is 17.9 Å². The lowest BCUT2D eigenvalue weighted by atomic mass is 10.1. The van der Waals surface area contributed by atoms with Gasteiger partial charge in [0.1, 0.15) is 5.56 Å². The van der Waals surface area contributed by atoms with Crippen molar-refractivity contribution in [3.8, 4) is 0 Å². The standard InChI is InChI=1S/C13H13ClN2O2S/c1-7-5-10(12(13(17)18)8(2)16-7)15-6-9-3-4-11(14)19-9/h3-5H,6H2,1-2H3,(H,15,16)(H,17,18). The number of thiophene rings is 1. The average molecular weight is 297 g/mol. The van der Waals surface area contributed by atoms with Crippen LogP contribution < -0.4 is 5.32 Å². The van der Waals surface area contributed by atoms with Gasteiger partial charge in [-0.05, 0) is 32.0 Å². The van der Waals surface area contributed by atoms with Crippen LogP contribution in [0.4, 0.5) is 5.69 Å². The first-order valence-corrected chi connectivity index (χ1v) is 6.86. The molecule has 19 heavy (non-hydrogen) atoms. The Morgan fingerprint density at radius 3 is 2.79 bits per heavy atom. The van der Waals surface area contributed by atoms with Crippen molar-refractivity contribution in [2.75, 3.05) is 5.32 Å². The third-order valence-electron chi connectivity index (χ3n) is 2.62. The number of halogens is 1. The molecule has 0 aromatic carbocycles. The molecular formula is C13H13ClN2O2S. The minimum absolute atomic E-state index is 0.216. The molecule has 4 nitrogen and oxygen atoms in total. The second-order valence-electron chi connectivity index (χ2n) is 4.14. The lowest BCUT2D eigenvalue weighted by Crippen LogP contribution is -2.10. The molecule has 0 amide bonds.